The first kappa shape index (κ1) is 13.5. The lowest BCUT2D eigenvalue weighted by Crippen LogP contribution is -2.22. The number of aromatic nitrogens is 2. The first-order valence-corrected chi connectivity index (χ1v) is 6.78. The number of anilines is 2. The largest absolute Gasteiger partial charge is 0.380 e. The maximum absolute atomic E-state index is 4.50. The highest BCUT2D eigenvalue weighted by molar-refractivity contribution is 5.48. The number of hydrogen-bond acceptors (Lipinski definition) is 3. The van der Waals surface area contributed by atoms with Crippen LogP contribution < -0.4 is 10.2 Å². The Morgan fingerprint density at radius 1 is 1.21 bits per heavy atom. The Labute approximate surface area is 115 Å². The highest BCUT2D eigenvalue weighted by atomic mass is 15.2. The summed E-state index contributed by atoms with van der Waals surface area (Å²) in [6.45, 7) is 7.09. The predicted molar refractivity (Wildman–Crippen MR) is 80.5 cm³/mol. The second-order valence-electron chi connectivity index (χ2n) is 4.62. The van der Waals surface area contributed by atoms with E-state index < -0.39 is 0 Å². The number of hydrogen-bond donors (Lipinski definition) is 1. The molecule has 2 aromatic rings. The molecule has 0 aliphatic heterocycles. The normalized spacial score (nSPS) is 10.5. The van der Waals surface area contributed by atoms with E-state index in [0.717, 1.165) is 31.1 Å². The summed E-state index contributed by atoms with van der Waals surface area (Å²) in [5.41, 5.74) is 2.33. The molecular formula is C15H22N4. The van der Waals surface area contributed by atoms with Crippen LogP contribution in [0, 0.1) is 0 Å². The van der Waals surface area contributed by atoms with Gasteiger partial charge in [-0.25, -0.2) is 4.98 Å². The third kappa shape index (κ3) is 3.50. The molecule has 102 valence electrons. The molecule has 0 aromatic carbocycles. The molecule has 0 saturated carbocycles. The van der Waals surface area contributed by atoms with Crippen LogP contribution in [0.4, 0.5) is 11.5 Å². The summed E-state index contributed by atoms with van der Waals surface area (Å²) in [6.07, 6.45) is 6.07. The maximum Gasteiger partial charge on any atom is 0.128 e. The van der Waals surface area contributed by atoms with E-state index in [2.05, 4.69) is 64.2 Å². The van der Waals surface area contributed by atoms with Crippen LogP contribution in [0.1, 0.15) is 19.4 Å². The summed E-state index contributed by atoms with van der Waals surface area (Å²) in [4.78, 5) is 6.73. The van der Waals surface area contributed by atoms with Crippen molar-refractivity contribution in [1.29, 1.82) is 0 Å². The lowest BCUT2D eigenvalue weighted by Gasteiger charge is -2.19. The standard InChI is InChI=1S/C15H22N4/c1-4-19(5-2)15-7-6-14(11-17-15)16-10-13-8-9-18(3)12-13/h6-9,11-12,16H,4-5,10H2,1-3H3. The number of rotatable bonds is 6. The highest BCUT2D eigenvalue weighted by Crippen LogP contribution is 2.14. The topological polar surface area (TPSA) is 33.1 Å². The van der Waals surface area contributed by atoms with Gasteiger partial charge < -0.3 is 14.8 Å². The van der Waals surface area contributed by atoms with Crippen LogP contribution in [0.3, 0.4) is 0 Å². The molecule has 0 atom stereocenters. The minimum Gasteiger partial charge on any atom is -0.380 e. The quantitative estimate of drug-likeness (QED) is 0.865. The van der Waals surface area contributed by atoms with E-state index in [-0.39, 0.29) is 0 Å². The fraction of sp³-hybridized carbons (Fsp3) is 0.400. The maximum atomic E-state index is 4.50. The second kappa shape index (κ2) is 6.27. The van der Waals surface area contributed by atoms with E-state index in [4.69, 9.17) is 0 Å². The lowest BCUT2D eigenvalue weighted by molar-refractivity contribution is 0.846. The SMILES string of the molecule is CCN(CC)c1ccc(NCc2ccn(C)c2)cn1. The van der Waals surface area contributed by atoms with E-state index in [9.17, 15) is 0 Å². The molecule has 0 saturated heterocycles. The van der Waals surface area contributed by atoms with Gasteiger partial charge in [-0.1, -0.05) is 0 Å². The van der Waals surface area contributed by atoms with Gasteiger partial charge in [0.05, 0.1) is 11.9 Å². The van der Waals surface area contributed by atoms with Gasteiger partial charge in [-0.05, 0) is 37.6 Å². The molecule has 0 amide bonds. The van der Waals surface area contributed by atoms with Gasteiger partial charge in [0.2, 0.25) is 0 Å². The van der Waals surface area contributed by atoms with Crippen LogP contribution in [-0.2, 0) is 13.6 Å². The number of nitrogens with one attached hydrogen (secondary N) is 1. The van der Waals surface area contributed by atoms with Gasteiger partial charge in [-0.3, -0.25) is 0 Å². The molecule has 2 rings (SSSR count). The Balaban J connectivity index is 1.95. The fourth-order valence-electron chi connectivity index (χ4n) is 2.09. The van der Waals surface area contributed by atoms with Crippen molar-refractivity contribution in [3.8, 4) is 0 Å². The third-order valence-corrected chi connectivity index (χ3v) is 3.23. The van der Waals surface area contributed by atoms with Gasteiger partial charge in [-0.2, -0.15) is 0 Å². The van der Waals surface area contributed by atoms with Crippen LogP contribution in [0.25, 0.3) is 0 Å². The van der Waals surface area contributed by atoms with E-state index in [1.54, 1.807) is 0 Å². The van der Waals surface area contributed by atoms with Crippen molar-refractivity contribution in [3.63, 3.8) is 0 Å². The highest BCUT2D eigenvalue weighted by Gasteiger charge is 2.02. The Bertz CT molecular complexity index is 497. The van der Waals surface area contributed by atoms with E-state index in [1.807, 2.05) is 13.2 Å². The molecule has 19 heavy (non-hydrogen) atoms. The van der Waals surface area contributed by atoms with Crippen LogP contribution >= 0.6 is 0 Å². The van der Waals surface area contributed by atoms with Crippen LogP contribution in [0.2, 0.25) is 0 Å². The summed E-state index contributed by atoms with van der Waals surface area (Å²) in [5.74, 6) is 1.04. The van der Waals surface area contributed by atoms with Crippen molar-refractivity contribution in [2.24, 2.45) is 7.05 Å². The molecule has 4 heteroatoms. The summed E-state index contributed by atoms with van der Waals surface area (Å²) in [5, 5.41) is 3.38. The Kier molecular flexibility index (Phi) is 4.44. The summed E-state index contributed by atoms with van der Waals surface area (Å²) >= 11 is 0. The van der Waals surface area contributed by atoms with Gasteiger partial charge in [0.15, 0.2) is 0 Å². The van der Waals surface area contributed by atoms with Crippen molar-refractivity contribution in [2.45, 2.75) is 20.4 Å². The summed E-state index contributed by atoms with van der Waals surface area (Å²) in [6, 6.07) is 6.27. The Morgan fingerprint density at radius 3 is 2.53 bits per heavy atom. The van der Waals surface area contributed by atoms with Gasteiger partial charge in [0.1, 0.15) is 5.82 Å². The molecule has 0 spiro atoms. The lowest BCUT2D eigenvalue weighted by atomic mass is 10.3. The van der Waals surface area contributed by atoms with Crippen molar-refractivity contribution in [3.05, 3.63) is 42.4 Å². The second-order valence-corrected chi connectivity index (χ2v) is 4.62. The minimum absolute atomic E-state index is 0.827. The van der Waals surface area contributed by atoms with Gasteiger partial charge in [0.25, 0.3) is 0 Å². The van der Waals surface area contributed by atoms with Gasteiger partial charge in [0, 0.05) is 39.1 Å². The first-order valence-electron chi connectivity index (χ1n) is 6.78. The fourth-order valence-corrected chi connectivity index (χ4v) is 2.09. The van der Waals surface area contributed by atoms with Crippen molar-refractivity contribution < 1.29 is 0 Å². The molecule has 2 aromatic heterocycles. The van der Waals surface area contributed by atoms with Gasteiger partial charge >= 0.3 is 0 Å². The zero-order chi connectivity index (χ0) is 13.7. The number of nitrogens with zero attached hydrogens (tertiary/aromatic N) is 3. The number of aryl methyl sites for hydroxylation is 1. The zero-order valence-corrected chi connectivity index (χ0v) is 11.9. The van der Waals surface area contributed by atoms with E-state index >= 15 is 0 Å². The van der Waals surface area contributed by atoms with Crippen LogP contribution in [0.5, 0.6) is 0 Å². The van der Waals surface area contributed by atoms with Crippen molar-refractivity contribution >= 4 is 11.5 Å². The Morgan fingerprint density at radius 2 is 2.00 bits per heavy atom. The predicted octanol–water partition coefficient (Wildman–Crippen LogP) is 2.88. The molecular weight excluding hydrogens is 236 g/mol. The van der Waals surface area contributed by atoms with E-state index in [1.165, 1.54) is 5.56 Å². The van der Waals surface area contributed by atoms with Crippen LogP contribution in [-0.4, -0.2) is 22.6 Å². The average molecular weight is 258 g/mol. The molecule has 4 nitrogen and oxygen atoms in total. The molecule has 0 unspecified atom stereocenters. The summed E-state index contributed by atoms with van der Waals surface area (Å²) < 4.78 is 2.05. The number of pyridine rings is 1. The van der Waals surface area contributed by atoms with Crippen molar-refractivity contribution in [1.82, 2.24) is 9.55 Å². The Hall–Kier alpha value is -1.97. The third-order valence-electron chi connectivity index (χ3n) is 3.23. The summed E-state index contributed by atoms with van der Waals surface area (Å²) in [7, 11) is 2.03. The molecule has 0 aliphatic carbocycles. The molecule has 2 heterocycles. The van der Waals surface area contributed by atoms with Gasteiger partial charge in [-0.15, -0.1) is 0 Å². The molecule has 0 bridgehead atoms. The average Bonchev–Trinajstić information content (AvgIpc) is 2.85. The van der Waals surface area contributed by atoms with Crippen LogP contribution in [0.15, 0.2) is 36.8 Å². The molecule has 0 radical (unpaired) electrons. The van der Waals surface area contributed by atoms with Crippen molar-refractivity contribution in [2.75, 3.05) is 23.3 Å². The molecule has 0 fully saturated rings. The molecule has 0 aliphatic rings. The zero-order valence-electron chi connectivity index (χ0n) is 11.9. The van der Waals surface area contributed by atoms with E-state index in [0.29, 0.717) is 0 Å². The smallest absolute Gasteiger partial charge is 0.128 e. The molecule has 1 N–H and O–H groups in total. The monoisotopic (exact) mass is 258 g/mol. The minimum atomic E-state index is 0.827. The first-order chi connectivity index (χ1) is 9.22.